The van der Waals surface area contributed by atoms with Gasteiger partial charge in [0.05, 0.1) is 4.90 Å². The van der Waals surface area contributed by atoms with Crippen molar-refractivity contribution in [3.8, 4) is 0 Å². The highest BCUT2D eigenvalue weighted by atomic mass is 127. The molecule has 0 fully saturated rings. The molecule has 7 heteroatoms. The first kappa shape index (κ1) is 15.4. The summed E-state index contributed by atoms with van der Waals surface area (Å²) in [5.41, 5.74) is 0. The van der Waals surface area contributed by atoms with E-state index in [-0.39, 0.29) is 11.3 Å². The van der Waals surface area contributed by atoms with Crippen molar-refractivity contribution >= 4 is 38.6 Å². The van der Waals surface area contributed by atoms with Crippen molar-refractivity contribution in [2.45, 2.75) is 30.7 Å². The van der Waals surface area contributed by atoms with Gasteiger partial charge >= 0.3 is 5.97 Å². The Kier molecular flexibility index (Phi) is 5.54. The molecule has 0 radical (unpaired) electrons. The quantitative estimate of drug-likeness (QED) is 0.735. The molecular weight excluding hydrogens is 369 g/mol. The Bertz CT molecular complexity index is 512. The van der Waals surface area contributed by atoms with Gasteiger partial charge in [-0.2, -0.15) is 4.72 Å². The van der Waals surface area contributed by atoms with Gasteiger partial charge in [-0.25, -0.2) is 8.42 Å². The van der Waals surface area contributed by atoms with E-state index < -0.39 is 22.0 Å². The summed E-state index contributed by atoms with van der Waals surface area (Å²) in [6.45, 7) is 1.80. The molecule has 100 valence electrons. The molecule has 0 aliphatic rings. The number of benzene rings is 1. The molecule has 1 aromatic carbocycles. The van der Waals surface area contributed by atoms with Gasteiger partial charge in [0, 0.05) is 3.57 Å². The highest BCUT2D eigenvalue weighted by Crippen LogP contribution is 2.13. The van der Waals surface area contributed by atoms with Gasteiger partial charge in [-0.1, -0.05) is 13.3 Å². The fourth-order valence-corrected chi connectivity index (χ4v) is 2.97. The van der Waals surface area contributed by atoms with Crippen LogP contribution in [0.1, 0.15) is 19.8 Å². The Morgan fingerprint density at radius 1 is 1.39 bits per heavy atom. The number of nitrogens with one attached hydrogen (secondary N) is 1. The molecule has 0 saturated heterocycles. The molecule has 1 rings (SSSR count). The van der Waals surface area contributed by atoms with Crippen LogP contribution in [-0.2, 0) is 14.8 Å². The van der Waals surface area contributed by atoms with Crippen molar-refractivity contribution in [1.29, 1.82) is 0 Å². The lowest BCUT2D eigenvalue weighted by Gasteiger charge is -2.13. The van der Waals surface area contributed by atoms with E-state index in [0.29, 0.717) is 6.42 Å². The summed E-state index contributed by atoms with van der Waals surface area (Å²) in [5, 5.41) is 8.93. The molecule has 1 aromatic rings. The molecule has 0 aliphatic carbocycles. The third-order valence-electron chi connectivity index (χ3n) is 2.30. The largest absolute Gasteiger partial charge is 0.480 e. The minimum Gasteiger partial charge on any atom is -0.480 e. The average Bonchev–Trinajstić information content (AvgIpc) is 2.28. The van der Waals surface area contributed by atoms with Gasteiger partial charge in [0.1, 0.15) is 6.04 Å². The van der Waals surface area contributed by atoms with Crippen LogP contribution in [0.25, 0.3) is 0 Å². The van der Waals surface area contributed by atoms with Crippen LogP contribution in [0.3, 0.4) is 0 Å². The predicted molar refractivity (Wildman–Crippen MR) is 75.8 cm³/mol. The second-order valence-electron chi connectivity index (χ2n) is 3.75. The SMILES string of the molecule is CCC[C@@H](NS(=O)(=O)c1ccc(I)cc1)C(=O)O. The Balaban J connectivity index is 2.93. The molecule has 0 unspecified atom stereocenters. The maximum absolute atomic E-state index is 12.0. The molecule has 5 nitrogen and oxygen atoms in total. The maximum Gasteiger partial charge on any atom is 0.321 e. The van der Waals surface area contributed by atoms with Crippen LogP contribution >= 0.6 is 22.6 Å². The van der Waals surface area contributed by atoms with E-state index in [1.807, 2.05) is 0 Å². The molecule has 18 heavy (non-hydrogen) atoms. The number of rotatable bonds is 6. The van der Waals surface area contributed by atoms with Crippen LogP contribution in [0.4, 0.5) is 0 Å². The number of hydrogen-bond donors (Lipinski definition) is 2. The van der Waals surface area contributed by atoms with Gasteiger partial charge in [0.2, 0.25) is 10.0 Å². The Hall–Kier alpha value is -0.670. The normalized spacial score (nSPS) is 13.2. The summed E-state index contributed by atoms with van der Waals surface area (Å²) in [7, 11) is -3.78. The van der Waals surface area contributed by atoms with Crippen molar-refractivity contribution in [3.63, 3.8) is 0 Å². The second kappa shape index (κ2) is 6.48. The van der Waals surface area contributed by atoms with Crippen LogP contribution in [0.2, 0.25) is 0 Å². The molecule has 0 aromatic heterocycles. The summed E-state index contributed by atoms with van der Waals surface area (Å²) in [5.74, 6) is -1.16. The molecule has 0 spiro atoms. The second-order valence-corrected chi connectivity index (χ2v) is 6.71. The Morgan fingerprint density at radius 3 is 2.39 bits per heavy atom. The van der Waals surface area contributed by atoms with Gasteiger partial charge in [0.25, 0.3) is 0 Å². The molecule has 2 N–H and O–H groups in total. The van der Waals surface area contributed by atoms with Gasteiger partial charge < -0.3 is 5.11 Å². The summed E-state index contributed by atoms with van der Waals surface area (Å²) in [6, 6.07) is 5.14. The van der Waals surface area contributed by atoms with E-state index >= 15 is 0 Å². The first-order valence-electron chi connectivity index (χ1n) is 5.37. The van der Waals surface area contributed by atoms with E-state index in [4.69, 9.17) is 5.11 Å². The van der Waals surface area contributed by atoms with Crippen molar-refractivity contribution in [3.05, 3.63) is 27.8 Å². The summed E-state index contributed by atoms with van der Waals surface area (Å²) >= 11 is 2.06. The Labute approximate surface area is 120 Å². The van der Waals surface area contributed by atoms with Crippen molar-refractivity contribution in [1.82, 2.24) is 4.72 Å². The third kappa shape index (κ3) is 4.21. The predicted octanol–water partition coefficient (Wildman–Crippen LogP) is 1.82. The lowest BCUT2D eigenvalue weighted by Crippen LogP contribution is -2.40. The molecule has 0 bridgehead atoms. The van der Waals surface area contributed by atoms with Gasteiger partial charge in [-0.15, -0.1) is 0 Å². The Morgan fingerprint density at radius 2 is 1.94 bits per heavy atom. The fourth-order valence-electron chi connectivity index (χ4n) is 1.39. The van der Waals surface area contributed by atoms with Crippen LogP contribution in [0.5, 0.6) is 0 Å². The number of carboxylic acids is 1. The van der Waals surface area contributed by atoms with Crippen LogP contribution in [0.15, 0.2) is 29.2 Å². The van der Waals surface area contributed by atoms with Crippen LogP contribution < -0.4 is 4.72 Å². The third-order valence-corrected chi connectivity index (χ3v) is 4.50. The first-order chi connectivity index (χ1) is 8.36. The highest BCUT2D eigenvalue weighted by molar-refractivity contribution is 14.1. The van der Waals surface area contributed by atoms with Crippen LogP contribution in [-0.4, -0.2) is 25.5 Å². The highest BCUT2D eigenvalue weighted by Gasteiger charge is 2.24. The average molecular weight is 383 g/mol. The number of sulfonamides is 1. The maximum atomic E-state index is 12.0. The molecule has 0 heterocycles. The summed E-state index contributed by atoms with van der Waals surface area (Å²) in [6.07, 6.45) is 0.852. The minimum atomic E-state index is -3.78. The smallest absolute Gasteiger partial charge is 0.321 e. The summed E-state index contributed by atoms with van der Waals surface area (Å²) in [4.78, 5) is 11.0. The number of carbonyl (C=O) groups is 1. The number of hydrogen-bond acceptors (Lipinski definition) is 3. The van der Waals surface area contributed by atoms with Crippen molar-refractivity contribution in [2.24, 2.45) is 0 Å². The van der Waals surface area contributed by atoms with E-state index in [2.05, 4.69) is 27.3 Å². The minimum absolute atomic E-state index is 0.0743. The van der Waals surface area contributed by atoms with Gasteiger partial charge in [-0.05, 0) is 53.3 Å². The van der Waals surface area contributed by atoms with E-state index in [1.165, 1.54) is 12.1 Å². The van der Waals surface area contributed by atoms with E-state index in [9.17, 15) is 13.2 Å². The zero-order valence-electron chi connectivity index (χ0n) is 9.76. The number of halogens is 1. The molecule has 0 amide bonds. The topological polar surface area (TPSA) is 83.5 Å². The fraction of sp³-hybridized carbons (Fsp3) is 0.364. The van der Waals surface area contributed by atoms with Crippen LogP contribution in [0, 0.1) is 3.57 Å². The number of carboxylic acid groups (broad SMARTS) is 1. The lowest BCUT2D eigenvalue weighted by molar-refractivity contribution is -0.139. The molecule has 1 atom stereocenters. The summed E-state index contributed by atoms with van der Waals surface area (Å²) < 4.78 is 27.0. The van der Waals surface area contributed by atoms with E-state index in [1.54, 1.807) is 19.1 Å². The zero-order valence-corrected chi connectivity index (χ0v) is 12.7. The zero-order chi connectivity index (χ0) is 13.8. The van der Waals surface area contributed by atoms with Crippen molar-refractivity contribution in [2.75, 3.05) is 0 Å². The first-order valence-corrected chi connectivity index (χ1v) is 7.93. The molecule has 0 aliphatic heterocycles. The molecule has 0 saturated carbocycles. The lowest BCUT2D eigenvalue weighted by atomic mass is 10.2. The van der Waals surface area contributed by atoms with Crippen molar-refractivity contribution < 1.29 is 18.3 Å². The monoisotopic (exact) mass is 383 g/mol. The van der Waals surface area contributed by atoms with Gasteiger partial charge in [-0.3, -0.25) is 4.79 Å². The standard InChI is InChI=1S/C11H14INO4S/c1-2-3-10(11(14)15)13-18(16,17)9-6-4-8(12)5-7-9/h4-7,10,13H,2-3H2,1H3,(H,14,15)/t10-/m1/s1. The number of aliphatic carboxylic acids is 1. The van der Waals surface area contributed by atoms with E-state index in [0.717, 1.165) is 3.57 Å². The van der Waals surface area contributed by atoms with Gasteiger partial charge in [0.15, 0.2) is 0 Å². The molecular formula is C11H14INO4S.